The highest BCUT2D eigenvalue weighted by atomic mass is 16.4. The van der Waals surface area contributed by atoms with Gasteiger partial charge in [0.05, 0.1) is 5.41 Å². The summed E-state index contributed by atoms with van der Waals surface area (Å²) in [6.07, 6.45) is 0.340. The van der Waals surface area contributed by atoms with Crippen LogP contribution >= 0.6 is 0 Å². The van der Waals surface area contributed by atoms with Crippen LogP contribution in [0.4, 0.5) is 0 Å². The molecule has 0 amide bonds. The molecule has 1 aromatic rings. The third-order valence-corrected chi connectivity index (χ3v) is 2.85. The molecule has 4 nitrogen and oxygen atoms in total. The Hall–Kier alpha value is -1.45. The first-order chi connectivity index (χ1) is 8.02. The van der Waals surface area contributed by atoms with E-state index in [0.717, 1.165) is 11.4 Å². The van der Waals surface area contributed by atoms with Gasteiger partial charge >= 0.3 is 5.97 Å². The molecule has 0 aromatic carbocycles. The summed E-state index contributed by atoms with van der Waals surface area (Å²) in [7, 11) is 0. The standard InChI is InChI=1S/C14H22N2O2/c1-9-7-10(13(2,3)4)16-11(15-9)8-14(5,6)12(17)18/h7H,8H2,1-6H3,(H,17,18). The third kappa shape index (κ3) is 3.52. The second-order valence-electron chi connectivity index (χ2n) is 6.43. The van der Waals surface area contributed by atoms with Gasteiger partial charge in [0.2, 0.25) is 0 Å². The first-order valence-corrected chi connectivity index (χ1v) is 6.11. The molecule has 1 rings (SSSR count). The maximum Gasteiger partial charge on any atom is 0.309 e. The number of carboxylic acid groups (broad SMARTS) is 1. The minimum absolute atomic E-state index is 0.0597. The van der Waals surface area contributed by atoms with Gasteiger partial charge in [0.15, 0.2) is 0 Å². The van der Waals surface area contributed by atoms with Gasteiger partial charge in [0.25, 0.3) is 0 Å². The zero-order chi connectivity index (χ0) is 14.1. The van der Waals surface area contributed by atoms with Crippen LogP contribution in [0.1, 0.15) is 51.8 Å². The first-order valence-electron chi connectivity index (χ1n) is 6.11. The average Bonchev–Trinajstić information content (AvgIpc) is 2.13. The van der Waals surface area contributed by atoms with Gasteiger partial charge in [-0.15, -0.1) is 0 Å². The highest BCUT2D eigenvalue weighted by molar-refractivity contribution is 5.73. The van der Waals surface area contributed by atoms with Crippen LogP contribution < -0.4 is 0 Å². The molecule has 18 heavy (non-hydrogen) atoms. The van der Waals surface area contributed by atoms with E-state index in [1.54, 1.807) is 13.8 Å². The monoisotopic (exact) mass is 250 g/mol. The Morgan fingerprint density at radius 3 is 2.22 bits per heavy atom. The second-order valence-corrected chi connectivity index (χ2v) is 6.43. The van der Waals surface area contributed by atoms with Gasteiger partial charge in [-0.05, 0) is 26.8 Å². The molecule has 100 valence electrons. The molecule has 0 saturated heterocycles. The minimum atomic E-state index is -0.844. The average molecular weight is 250 g/mol. The van der Waals surface area contributed by atoms with Gasteiger partial charge in [-0.1, -0.05) is 20.8 Å². The summed E-state index contributed by atoms with van der Waals surface area (Å²) in [6, 6.07) is 1.96. The molecule has 0 saturated carbocycles. The van der Waals surface area contributed by atoms with Crippen molar-refractivity contribution in [2.24, 2.45) is 5.41 Å². The summed E-state index contributed by atoms with van der Waals surface area (Å²) in [5, 5.41) is 9.15. The number of hydrogen-bond donors (Lipinski definition) is 1. The maximum absolute atomic E-state index is 11.1. The van der Waals surface area contributed by atoms with E-state index < -0.39 is 11.4 Å². The second kappa shape index (κ2) is 4.67. The number of nitrogens with zero attached hydrogens (tertiary/aromatic N) is 2. The SMILES string of the molecule is Cc1cc(C(C)(C)C)nc(CC(C)(C)C(=O)O)n1. The summed E-state index contributed by atoms with van der Waals surface area (Å²) in [5.41, 5.74) is 0.927. The lowest BCUT2D eigenvalue weighted by Crippen LogP contribution is -2.28. The molecule has 0 aliphatic heterocycles. The number of hydrogen-bond acceptors (Lipinski definition) is 3. The summed E-state index contributed by atoms with van der Waals surface area (Å²) in [4.78, 5) is 20.0. The summed E-state index contributed by atoms with van der Waals surface area (Å²) in [5.74, 6) is -0.225. The topological polar surface area (TPSA) is 63.1 Å². The first kappa shape index (κ1) is 14.6. The van der Waals surface area contributed by atoms with E-state index in [1.165, 1.54) is 0 Å². The van der Waals surface area contributed by atoms with Crippen molar-refractivity contribution in [3.05, 3.63) is 23.3 Å². The predicted octanol–water partition coefficient (Wildman–Crippen LogP) is 2.74. The lowest BCUT2D eigenvalue weighted by molar-refractivity contribution is -0.146. The molecule has 0 spiro atoms. The van der Waals surface area contributed by atoms with Crippen LogP contribution in [0, 0.1) is 12.3 Å². The van der Waals surface area contributed by atoms with Crippen molar-refractivity contribution in [1.29, 1.82) is 0 Å². The van der Waals surface area contributed by atoms with E-state index in [0.29, 0.717) is 12.2 Å². The van der Waals surface area contributed by atoms with Crippen molar-refractivity contribution in [1.82, 2.24) is 9.97 Å². The van der Waals surface area contributed by atoms with Crippen LogP contribution in [-0.2, 0) is 16.6 Å². The van der Waals surface area contributed by atoms with E-state index in [4.69, 9.17) is 5.11 Å². The quantitative estimate of drug-likeness (QED) is 0.896. The maximum atomic E-state index is 11.1. The van der Waals surface area contributed by atoms with E-state index in [2.05, 4.69) is 30.7 Å². The highest BCUT2D eigenvalue weighted by Gasteiger charge is 2.29. The summed E-state index contributed by atoms with van der Waals surface area (Å²) in [6.45, 7) is 11.5. The van der Waals surface area contributed by atoms with Crippen molar-refractivity contribution in [3.63, 3.8) is 0 Å². The van der Waals surface area contributed by atoms with Crippen molar-refractivity contribution >= 4 is 5.97 Å². The fourth-order valence-electron chi connectivity index (χ4n) is 1.56. The Labute approximate surface area is 108 Å². The Morgan fingerprint density at radius 1 is 1.22 bits per heavy atom. The molecular weight excluding hydrogens is 228 g/mol. The van der Waals surface area contributed by atoms with E-state index in [1.807, 2.05) is 13.0 Å². The molecule has 0 aliphatic rings. The molecule has 0 unspecified atom stereocenters. The van der Waals surface area contributed by atoms with Gasteiger partial charge in [0.1, 0.15) is 5.82 Å². The molecule has 1 N–H and O–H groups in total. The van der Waals surface area contributed by atoms with Gasteiger partial charge in [-0.2, -0.15) is 0 Å². The zero-order valence-electron chi connectivity index (χ0n) is 12.0. The normalized spacial score (nSPS) is 12.6. The molecule has 0 bridgehead atoms. The highest BCUT2D eigenvalue weighted by Crippen LogP contribution is 2.24. The number of aliphatic carboxylic acids is 1. The van der Waals surface area contributed by atoms with Gasteiger partial charge in [-0.25, -0.2) is 9.97 Å². The predicted molar refractivity (Wildman–Crippen MR) is 70.6 cm³/mol. The van der Waals surface area contributed by atoms with Crippen LogP contribution in [-0.4, -0.2) is 21.0 Å². The fraction of sp³-hybridized carbons (Fsp3) is 0.643. The minimum Gasteiger partial charge on any atom is -0.481 e. The van der Waals surface area contributed by atoms with Crippen LogP contribution in [0.5, 0.6) is 0 Å². The smallest absolute Gasteiger partial charge is 0.309 e. The Kier molecular flexibility index (Phi) is 3.79. The van der Waals surface area contributed by atoms with E-state index in [9.17, 15) is 4.79 Å². The van der Waals surface area contributed by atoms with Crippen molar-refractivity contribution in [2.45, 2.75) is 53.4 Å². The zero-order valence-corrected chi connectivity index (χ0v) is 12.0. The number of carboxylic acids is 1. The van der Waals surface area contributed by atoms with Crippen molar-refractivity contribution in [2.75, 3.05) is 0 Å². The number of rotatable bonds is 3. The Morgan fingerprint density at radius 2 is 1.78 bits per heavy atom. The Balaban J connectivity index is 3.12. The molecule has 0 fully saturated rings. The molecule has 4 heteroatoms. The fourth-order valence-corrected chi connectivity index (χ4v) is 1.56. The molecule has 0 aliphatic carbocycles. The van der Waals surface area contributed by atoms with E-state index in [-0.39, 0.29) is 5.41 Å². The number of carbonyl (C=O) groups is 1. The number of aromatic nitrogens is 2. The molecule has 1 heterocycles. The molecular formula is C14H22N2O2. The van der Waals surface area contributed by atoms with Crippen LogP contribution in [0.15, 0.2) is 6.07 Å². The van der Waals surface area contributed by atoms with Gasteiger partial charge in [0, 0.05) is 23.2 Å². The van der Waals surface area contributed by atoms with Crippen LogP contribution in [0.3, 0.4) is 0 Å². The van der Waals surface area contributed by atoms with Crippen molar-refractivity contribution < 1.29 is 9.90 Å². The number of aryl methyl sites for hydroxylation is 1. The Bertz CT molecular complexity index is 459. The van der Waals surface area contributed by atoms with Gasteiger partial charge < -0.3 is 5.11 Å². The third-order valence-electron chi connectivity index (χ3n) is 2.85. The molecule has 0 radical (unpaired) electrons. The molecule has 0 atom stereocenters. The summed E-state index contributed by atoms with van der Waals surface area (Å²) < 4.78 is 0. The summed E-state index contributed by atoms with van der Waals surface area (Å²) >= 11 is 0. The molecule has 1 aromatic heterocycles. The largest absolute Gasteiger partial charge is 0.481 e. The van der Waals surface area contributed by atoms with Crippen molar-refractivity contribution in [3.8, 4) is 0 Å². The van der Waals surface area contributed by atoms with Crippen LogP contribution in [0.25, 0.3) is 0 Å². The van der Waals surface area contributed by atoms with Gasteiger partial charge in [-0.3, -0.25) is 4.79 Å². The van der Waals surface area contributed by atoms with E-state index >= 15 is 0 Å². The lowest BCUT2D eigenvalue weighted by Gasteiger charge is -2.22. The lowest BCUT2D eigenvalue weighted by atomic mass is 9.88. The van der Waals surface area contributed by atoms with Crippen LogP contribution in [0.2, 0.25) is 0 Å².